The van der Waals surface area contributed by atoms with Crippen LogP contribution in [-0.4, -0.2) is 0 Å². The quantitative estimate of drug-likeness (QED) is 0.151. The van der Waals surface area contributed by atoms with E-state index in [2.05, 4.69) is 273 Å². The molecule has 0 amide bonds. The van der Waals surface area contributed by atoms with E-state index in [-0.39, 0.29) is 0 Å². The highest BCUT2D eigenvalue weighted by Crippen LogP contribution is 2.48. The van der Waals surface area contributed by atoms with Gasteiger partial charge in [0.2, 0.25) is 0 Å². The second-order valence-corrected chi connectivity index (χ2v) is 20.6. The van der Waals surface area contributed by atoms with Gasteiger partial charge in [-0.15, -0.1) is 0 Å². The van der Waals surface area contributed by atoms with Gasteiger partial charge >= 0.3 is 0 Å². The molecule has 16 aromatic rings. The van der Waals surface area contributed by atoms with Gasteiger partial charge < -0.3 is 4.42 Å². The number of hydrogen-bond acceptors (Lipinski definition) is 1. The van der Waals surface area contributed by atoms with Crippen LogP contribution in [0, 0.1) is 0 Å². The molecule has 1 aromatic heterocycles. The summed E-state index contributed by atoms with van der Waals surface area (Å²) in [5.41, 5.74) is 16.6. The Bertz CT molecular complexity index is 4970. The third-order valence-electron chi connectivity index (χ3n) is 16.4. The standard InChI is InChI=1S/C76H46O/c1-2-20-56-47(16-1)17-13-31-60(56)75-66-26-7-3-22-62(66)73(63-23-4-8-27-67(63)75)49-36-34-48(35-37-49)55-30-14-18-52-44-50(38-41-57(52)55)51-39-42-58-53(45-51)19-15-32-61(58)76-68-28-9-5-24-64(68)74(65-25-6-10-29-69(65)76)54-40-43-72-70(46-54)59-21-11-12-33-71(59)77-72/h1-46H. The first-order valence-corrected chi connectivity index (χ1v) is 26.6. The van der Waals surface area contributed by atoms with Gasteiger partial charge in [0, 0.05) is 10.8 Å². The zero-order valence-corrected chi connectivity index (χ0v) is 42.0. The number of furan rings is 1. The molecule has 0 bridgehead atoms. The van der Waals surface area contributed by atoms with Crippen LogP contribution in [0.1, 0.15) is 0 Å². The fourth-order valence-electron chi connectivity index (χ4n) is 13.0. The Morgan fingerprint density at radius 3 is 1.06 bits per heavy atom. The van der Waals surface area contributed by atoms with E-state index in [0.717, 1.165) is 21.9 Å². The average molecular weight is 975 g/mol. The molecular formula is C76H46O. The molecule has 15 aromatic carbocycles. The van der Waals surface area contributed by atoms with E-state index in [1.807, 2.05) is 6.07 Å². The highest BCUT2D eigenvalue weighted by atomic mass is 16.3. The van der Waals surface area contributed by atoms with Crippen molar-refractivity contribution in [3.63, 3.8) is 0 Å². The van der Waals surface area contributed by atoms with Crippen molar-refractivity contribution in [3.05, 3.63) is 279 Å². The fourth-order valence-corrected chi connectivity index (χ4v) is 13.0. The molecule has 0 radical (unpaired) electrons. The summed E-state index contributed by atoms with van der Waals surface area (Å²) in [6, 6.07) is 103. The van der Waals surface area contributed by atoms with Gasteiger partial charge in [-0.3, -0.25) is 0 Å². The summed E-state index contributed by atoms with van der Waals surface area (Å²) in [5.74, 6) is 0. The van der Waals surface area contributed by atoms with Crippen molar-refractivity contribution in [2.24, 2.45) is 0 Å². The van der Waals surface area contributed by atoms with Crippen molar-refractivity contribution in [1.29, 1.82) is 0 Å². The highest BCUT2D eigenvalue weighted by Gasteiger charge is 2.21. The van der Waals surface area contributed by atoms with Gasteiger partial charge in [0.25, 0.3) is 0 Å². The lowest BCUT2D eigenvalue weighted by molar-refractivity contribution is 0.669. The number of hydrogen-bond donors (Lipinski definition) is 0. The zero-order chi connectivity index (χ0) is 50.6. The summed E-state index contributed by atoms with van der Waals surface area (Å²) < 4.78 is 6.26. The first-order chi connectivity index (χ1) is 38.2. The zero-order valence-electron chi connectivity index (χ0n) is 42.0. The van der Waals surface area contributed by atoms with Crippen LogP contribution in [0.15, 0.2) is 283 Å². The van der Waals surface area contributed by atoms with Gasteiger partial charge in [-0.1, -0.05) is 249 Å². The predicted molar refractivity (Wildman–Crippen MR) is 329 cm³/mol. The van der Waals surface area contributed by atoms with Gasteiger partial charge in [0.05, 0.1) is 0 Å². The Balaban J connectivity index is 0.764. The topological polar surface area (TPSA) is 13.1 Å². The molecule has 0 aliphatic rings. The Labute approximate surface area is 445 Å². The van der Waals surface area contributed by atoms with Crippen molar-refractivity contribution in [3.8, 4) is 66.8 Å². The SMILES string of the molecule is c1cc(-c2ccc(-c3c4ccccc4c(-c4cccc5ccccc45)c4ccccc34)cc2)c2ccc(-c3ccc4c(-c5c6ccccc6c(-c6ccc7oc8ccccc8c7c6)c6ccccc56)cccc4c3)cc2c1. The third kappa shape index (κ3) is 6.81. The summed E-state index contributed by atoms with van der Waals surface area (Å²) in [4.78, 5) is 0. The van der Waals surface area contributed by atoms with E-state index in [9.17, 15) is 0 Å². The number of benzene rings is 15. The van der Waals surface area contributed by atoms with Crippen molar-refractivity contribution < 1.29 is 4.42 Å². The molecule has 0 atom stereocenters. The number of rotatable bonds is 6. The Kier molecular flexibility index (Phi) is 9.71. The second kappa shape index (κ2) is 17.2. The maximum atomic E-state index is 6.26. The summed E-state index contributed by atoms with van der Waals surface area (Å²) in [5, 5.41) is 19.7. The van der Waals surface area contributed by atoms with Gasteiger partial charge in [-0.25, -0.2) is 0 Å². The minimum atomic E-state index is 0.907. The lowest BCUT2D eigenvalue weighted by Gasteiger charge is -2.19. The molecule has 0 fully saturated rings. The molecule has 77 heavy (non-hydrogen) atoms. The molecule has 0 aliphatic heterocycles. The summed E-state index contributed by atoms with van der Waals surface area (Å²) >= 11 is 0. The lowest BCUT2D eigenvalue weighted by atomic mass is 9.84. The molecule has 0 spiro atoms. The van der Waals surface area contributed by atoms with Crippen LogP contribution in [-0.2, 0) is 0 Å². The minimum Gasteiger partial charge on any atom is -0.456 e. The molecule has 0 saturated heterocycles. The van der Waals surface area contributed by atoms with Gasteiger partial charge in [0.15, 0.2) is 0 Å². The van der Waals surface area contributed by atoms with Crippen LogP contribution >= 0.6 is 0 Å². The Hall–Kier alpha value is -10.1. The smallest absolute Gasteiger partial charge is 0.135 e. The van der Waals surface area contributed by atoms with Gasteiger partial charge in [-0.2, -0.15) is 0 Å². The molecular weight excluding hydrogens is 929 g/mol. The molecule has 1 heterocycles. The molecule has 0 unspecified atom stereocenters. The van der Waals surface area contributed by atoms with E-state index >= 15 is 0 Å². The van der Waals surface area contributed by atoms with Crippen molar-refractivity contribution in [2.75, 3.05) is 0 Å². The van der Waals surface area contributed by atoms with Crippen molar-refractivity contribution in [2.45, 2.75) is 0 Å². The van der Waals surface area contributed by atoms with E-state index < -0.39 is 0 Å². The van der Waals surface area contributed by atoms with Crippen LogP contribution < -0.4 is 0 Å². The van der Waals surface area contributed by atoms with E-state index in [1.165, 1.54) is 142 Å². The molecule has 0 saturated carbocycles. The average Bonchev–Trinajstić information content (AvgIpc) is 3.93. The fraction of sp³-hybridized carbons (Fsp3) is 0. The first kappa shape index (κ1) is 43.3. The molecule has 1 nitrogen and oxygen atoms in total. The van der Waals surface area contributed by atoms with Crippen LogP contribution in [0.2, 0.25) is 0 Å². The molecule has 0 N–H and O–H groups in total. The molecule has 0 aliphatic carbocycles. The number of para-hydroxylation sites is 1. The van der Waals surface area contributed by atoms with Crippen LogP contribution in [0.3, 0.4) is 0 Å². The lowest BCUT2D eigenvalue weighted by Crippen LogP contribution is -1.92. The monoisotopic (exact) mass is 974 g/mol. The van der Waals surface area contributed by atoms with Gasteiger partial charge in [0.1, 0.15) is 11.2 Å². The summed E-state index contributed by atoms with van der Waals surface area (Å²) in [6.07, 6.45) is 0. The predicted octanol–water partition coefficient (Wildman–Crippen LogP) is 21.7. The van der Waals surface area contributed by atoms with Crippen LogP contribution in [0.25, 0.3) is 164 Å². The van der Waals surface area contributed by atoms with Crippen LogP contribution in [0.4, 0.5) is 0 Å². The van der Waals surface area contributed by atoms with Crippen molar-refractivity contribution in [1.82, 2.24) is 0 Å². The molecule has 1 heteroatoms. The largest absolute Gasteiger partial charge is 0.456 e. The maximum absolute atomic E-state index is 6.26. The Morgan fingerprint density at radius 2 is 0.519 bits per heavy atom. The molecule has 16 rings (SSSR count). The maximum Gasteiger partial charge on any atom is 0.135 e. The van der Waals surface area contributed by atoms with Crippen LogP contribution in [0.5, 0.6) is 0 Å². The van der Waals surface area contributed by atoms with Crippen molar-refractivity contribution >= 4 is 97.3 Å². The van der Waals surface area contributed by atoms with E-state index in [0.29, 0.717) is 0 Å². The third-order valence-corrected chi connectivity index (χ3v) is 16.4. The van der Waals surface area contributed by atoms with E-state index in [1.54, 1.807) is 0 Å². The second-order valence-electron chi connectivity index (χ2n) is 20.6. The summed E-state index contributed by atoms with van der Waals surface area (Å²) in [7, 11) is 0. The Morgan fingerprint density at radius 1 is 0.169 bits per heavy atom. The number of fused-ring (bicyclic) bond motifs is 10. The molecule has 356 valence electrons. The normalized spacial score (nSPS) is 11.9. The highest BCUT2D eigenvalue weighted by molar-refractivity contribution is 6.26. The van der Waals surface area contributed by atoms with Gasteiger partial charge in [-0.05, 0) is 173 Å². The van der Waals surface area contributed by atoms with E-state index in [4.69, 9.17) is 4.42 Å². The first-order valence-electron chi connectivity index (χ1n) is 26.6. The summed E-state index contributed by atoms with van der Waals surface area (Å²) in [6.45, 7) is 0. The minimum absolute atomic E-state index is 0.907.